The third kappa shape index (κ3) is 3.91. The van der Waals surface area contributed by atoms with Crippen molar-refractivity contribution >= 4 is 11.7 Å². The predicted octanol–water partition coefficient (Wildman–Crippen LogP) is 2.00. The van der Waals surface area contributed by atoms with E-state index in [2.05, 4.69) is 22.4 Å². The maximum atomic E-state index is 11.9. The van der Waals surface area contributed by atoms with Crippen molar-refractivity contribution in [3.05, 3.63) is 17.8 Å². The van der Waals surface area contributed by atoms with Crippen molar-refractivity contribution in [1.29, 1.82) is 0 Å². The van der Waals surface area contributed by atoms with Gasteiger partial charge in [-0.05, 0) is 36.8 Å². The second kappa shape index (κ2) is 6.50. The van der Waals surface area contributed by atoms with Gasteiger partial charge in [0.25, 0.3) is 5.91 Å². The molecule has 5 nitrogen and oxygen atoms in total. The van der Waals surface area contributed by atoms with Crippen molar-refractivity contribution in [2.24, 2.45) is 11.8 Å². The number of nitrogens with two attached hydrogens (primary N) is 1. The summed E-state index contributed by atoms with van der Waals surface area (Å²) in [5, 5.41) is 10.4. The molecule has 1 heterocycles. The number of nitrogen functional groups attached to an aromatic ring is 1. The number of carbonyl (C=O) groups is 1. The third-order valence-corrected chi connectivity index (χ3v) is 4.01. The van der Waals surface area contributed by atoms with Gasteiger partial charge in [0.05, 0.1) is 0 Å². The van der Waals surface area contributed by atoms with E-state index in [1.165, 1.54) is 32.1 Å². The quantitative estimate of drug-likeness (QED) is 0.869. The van der Waals surface area contributed by atoms with Crippen LogP contribution in [0, 0.1) is 11.8 Å². The van der Waals surface area contributed by atoms with E-state index in [0.717, 1.165) is 12.5 Å². The highest BCUT2D eigenvalue weighted by molar-refractivity contribution is 5.92. The molecule has 0 atom stereocenters. The Labute approximate surface area is 114 Å². The lowest BCUT2D eigenvalue weighted by Crippen LogP contribution is -2.31. The summed E-state index contributed by atoms with van der Waals surface area (Å²) in [7, 11) is 0. The molecule has 0 spiro atoms. The topological polar surface area (TPSA) is 80.9 Å². The van der Waals surface area contributed by atoms with Crippen molar-refractivity contribution in [3.8, 4) is 0 Å². The first-order chi connectivity index (χ1) is 9.19. The summed E-state index contributed by atoms with van der Waals surface area (Å²) in [5.74, 6) is 1.66. The molecule has 0 saturated heterocycles. The van der Waals surface area contributed by atoms with Crippen molar-refractivity contribution < 1.29 is 4.79 Å². The Kier molecular flexibility index (Phi) is 4.71. The third-order valence-electron chi connectivity index (χ3n) is 4.01. The van der Waals surface area contributed by atoms with Crippen LogP contribution >= 0.6 is 0 Å². The van der Waals surface area contributed by atoms with Gasteiger partial charge in [-0.3, -0.25) is 4.79 Å². The molecule has 0 unspecified atom stereocenters. The second-order valence-electron chi connectivity index (χ2n) is 5.35. The van der Waals surface area contributed by atoms with E-state index in [1.54, 1.807) is 12.1 Å². The molecule has 3 N–H and O–H groups in total. The number of anilines is 1. The summed E-state index contributed by atoms with van der Waals surface area (Å²) in [6.45, 7) is 2.99. The van der Waals surface area contributed by atoms with Crippen LogP contribution in [0.1, 0.15) is 49.5 Å². The fourth-order valence-corrected chi connectivity index (χ4v) is 2.64. The maximum absolute atomic E-state index is 11.9. The van der Waals surface area contributed by atoms with E-state index in [4.69, 9.17) is 5.73 Å². The van der Waals surface area contributed by atoms with Gasteiger partial charge < -0.3 is 11.1 Å². The van der Waals surface area contributed by atoms with E-state index in [-0.39, 0.29) is 5.91 Å². The smallest absolute Gasteiger partial charge is 0.271 e. The Hall–Kier alpha value is -1.65. The zero-order chi connectivity index (χ0) is 13.7. The van der Waals surface area contributed by atoms with Crippen molar-refractivity contribution in [2.45, 2.75) is 39.0 Å². The van der Waals surface area contributed by atoms with E-state index in [0.29, 0.717) is 17.4 Å². The number of rotatable bonds is 4. The van der Waals surface area contributed by atoms with E-state index in [1.807, 2.05) is 0 Å². The standard InChI is InChI=1S/C14H22N4O/c1-2-10-3-5-11(6-4-10)9-16-14(19)12-7-8-13(15)18-17-12/h7-8,10-11H,2-6,9H2,1H3,(H2,15,18)(H,16,19). The molecule has 1 aliphatic rings. The summed E-state index contributed by atoms with van der Waals surface area (Å²) in [5.41, 5.74) is 5.77. The van der Waals surface area contributed by atoms with Gasteiger partial charge in [0.2, 0.25) is 0 Å². The lowest BCUT2D eigenvalue weighted by molar-refractivity contribution is 0.0935. The molecule has 1 aromatic heterocycles. The SMILES string of the molecule is CCC1CCC(CNC(=O)c2ccc(N)nn2)CC1. The molecule has 5 heteroatoms. The first-order valence-electron chi connectivity index (χ1n) is 7.06. The van der Waals surface area contributed by atoms with Crippen LogP contribution in [0.5, 0.6) is 0 Å². The molecule has 0 radical (unpaired) electrons. The number of hydrogen-bond donors (Lipinski definition) is 2. The van der Waals surface area contributed by atoms with Crippen LogP contribution in [0.2, 0.25) is 0 Å². The number of nitrogens with one attached hydrogen (secondary N) is 1. The monoisotopic (exact) mass is 262 g/mol. The van der Waals surface area contributed by atoms with Crippen molar-refractivity contribution in [2.75, 3.05) is 12.3 Å². The van der Waals surface area contributed by atoms with Gasteiger partial charge in [-0.25, -0.2) is 0 Å². The average molecular weight is 262 g/mol. The summed E-state index contributed by atoms with van der Waals surface area (Å²) >= 11 is 0. The molecule has 1 fully saturated rings. The van der Waals surface area contributed by atoms with Gasteiger partial charge in [0.15, 0.2) is 5.69 Å². The van der Waals surface area contributed by atoms with Gasteiger partial charge in [0, 0.05) is 6.54 Å². The van der Waals surface area contributed by atoms with Crippen molar-refractivity contribution in [1.82, 2.24) is 15.5 Å². The maximum Gasteiger partial charge on any atom is 0.271 e. The minimum absolute atomic E-state index is 0.162. The number of hydrogen-bond acceptors (Lipinski definition) is 4. The van der Waals surface area contributed by atoms with Gasteiger partial charge >= 0.3 is 0 Å². The van der Waals surface area contributed by atoms with Crippen LogP contribution in [-0.4, -0.2) is 22.6 Å². The Balaban J connectivity index is 1.76. The molecular formula is C14H22N4O. The molecule has 1 aromatic rings. The van der Waals surface area contributed by atoms with Gasteiger partial charge in [-0.1, -0.05) is 26.2 Å². The molecular weight excluding hydrogens is 240 g/mol. The average Bonchev–Trinajstić information content (AvgIpc) is 2.46. The molecule has 0 aliphatic heterocycles. The number of aromatic nitrogens is 2. The molecule has 2 rings (SSSR count). The largest absolute Gasteiger partial charge is 0.382 e. The summed E-state index contributed by atoms with van der Waals surface area (Å²) in [6, 6.07) is 3.19. The van der Waals surface area contributed by atoms with Crippen LogP contribution in [0.25, 0.3) is 0 Å². The fourth-order valence-electron chi connectivity index (χ4n) is 2.64. The van der Waals surface area contributed by atoms with E-state index < -0.39 is 0 Å². The highest BCUT2D eigenvalue weighted by Crippen LogP contribution is 2.30. The number of nitrogens with zero attached hydrogens (tertiary/aromatic N) is 2. The van der Waals surface area contributed by atoms with E-state index >= 15 is 0 Å². The highest BCUT2D eigenvalue weighted by atomic mass is 16.1. The zero-order valence-corrected chi connectivity index (χ0v) is 11.4. The normalized spacial score (nSPS) is 23.0. The zero-order valence-electron chi connectivity index (χ0n) is 11.4. The summed E-state index contributed by atoms with van der Waals surface area (Å²) in [4.78, 5) is 11.9. The second-order valence-corrected chi connectivity index (χ2v) is 5.35. The van der Waals surface area contributed by atoms with Gasteiger partial charge in [-0.2, -0.15) is 0 Å². The Bertz CT molecular complexity index is 410. The highest BCUT2D eigenvalue weighted by Gasteiger charge is 2.20. The Morgan fingerprint density at radius 1 is 1.26 bits per heavy atom. The van der Waals surface area contributed by atoms with E-state index in [9.17, 15) is 4.79 Å². The number of carbonyl (C=O) groups excluding carboxylic acids is 1. The summed E-state index contributed by atoms with van der Waals surface area (Å²) in [6.07, 6.45) is 6.29. The molecule has 104 valence electrons. The minimum Gasteiger partial charge on any atom is -0.382 e. The predicted molar refractivity (Wildman–Crippen MR) is 74.5 cm³/mol. The van der Waals surface area contributed by atoms with Crippen LogP contribution in [0.3, 0.4) is 0 Å². The lowest BCUT2D eigenvalue weighted by Gasteiger charge is -2.27. The van der Waals surface area contributed by atoms with Crippen LogP contribution in [0.15, 0.2) is 12.1 Å². The lowest BCUT2D eigenvalue weighted by atomic mass is 9.81. The molecule has 0 aromatic carbocycles. The number of amides is 1. The van der Waals surface area contributed by atoms with Crippen molar-refractivity contribution in [3.63, 3.8) is 0 Å². The molecule has 1 saturated carbocycles. The Morgan fingerprint density at radius 3 is 2.53 bits per heavy atom. The summed E-state index contributed by atoms with van der Waals surface area (Å²) < 4.78 is 0. The van der Waals surface area contributed by atoms with Gasteiger partial charge in [-0.15, -0.1) is 10.2 Å². The first kappa shape index (κ1) is 13.8. The molecule has 1 aliphatic carbocycles. The molecule has 0 bridgehead atoms. The molecule has 1 amide bonds. The van der Waals surface area contributed by atoms with Crippen LogP contribution < -0.4 is 11.1 Å². The van der Waals surface area contributed by atoms with Crippen LogP contribution in [-0.2, 0) is 0 Å². The minimum atomic E-state index is -0.162. The first-order valence-corrected chi connectivity index (χ1v) is 7.06. The van der Waals surface area contributed by atoms with Crippen LogP contribution in [0.4, 0.5) is 5.82 Å². The molecule has 19 heavy (non-hydrogen) atoms. The van der Waals surface area contributed by atoms with Gasteiger partial charge in [0.1, 0.15) is 5.82 Å². The fraction of sp³-hybridized carbons (Fsp3) is 0.643. The Morgan fingerprint density at radius 2 is 1.95 bits per heavy atom.